The molecule has 24 heavy (non-hydrogen) atoms. The quantitative estimate of drug-likeness (QED) is 0.482. The zero-order valence-corrected chi connectivity index (χ0v) is 13.3. The van der Waals surface area contributed by atoms with Crippen LogP contribution < -0.4 is 10.6 Å². The van der Waals surface area contributed by atoms with Gasteiger partial charge in [0, 0.05) is 23.4 Å². The highest BCUT2D eigenvalue weighted by Crippen LogP contribution is 2.19. The first kappa shape index (κ1) is 17.1. The number of ketones is 1. The molecule has 2 aromatic rings. The Balaban J connectivity index is 2.09. The molecule has 0 spiro atoms. The maximum Gasteiger partial charge on any atom is 0.271 e. The monoisotopic (exact) mass is 327 g/mol. The molecule has 0 fully saturated rings. The Morgan fingerprint density at radius 2 is 1.83 bits per heavy atom. The Bertz CT molecular complexity index is 789. The number of nitro groups is 1. The third-order valence-corrected chi connectivity index (χ3v) is 3.40. The maximum atomic E-state index is 12.3. The van der Waals surface area contributed by atoms with Crippen LogP contribution in [-0.4, -0.2) is 22.7 Å². The minimum Gasteiger partial charge on any atom is -0.374 e. The topological polar surface area (TPSA) is 101 Å². The van der Waals surface area contributed by atoms with Gasteiger partial charge in [0.2, 0.25) is 5.91 Å². The molecule has 0 aliphatic heterocycles. The summed E-state index contributed by atoms with van der Waals surface area (Å²) >= 11 is 0. The maximum absolute atomic E-state index is 12.3. The molecular weight excluding hydrogens is 310 g/mol. The second-order valence-corrected chi connectivity index (χ2v) is 5.26. The van der Waals surface area contributed by atoms with Crippen molar-refractivity contribution < 1.29 is 14.5 Å². The standard InChI is InChI=1S/C17H17N3O4/c1-11(18-13-6-5-7-14(10-13)20(23)24)17(22)19-16-9-4-3-8-15(16)12(2)21/h3-11,18H,1-2H3,(H,19,22)/t11-/m1/s1. The Morgan fingerprint density at radius 3 is 2.50 bits per heavy atom. The summed E-state index contributed by atoms with van der Waals surface area (Å²) < 4.78 is 0. The smallest absolute Gasteiger partial charge is 0.271 e. The number of non-ortho nitro benzene ring substituents is 1. The van der Waals surface area contributed by atoms with Gasteiger partial charge in [-0.1, -0.05) is 18.2 Å². The molecule has 2 aromatic carbocycles. The van der Waals surface area contributed by atoms with Crippen molar-refractivity contribution in [3.63, 3.8) is 0 Å². The zero-order chi connectivity index (χ0) is 17.7. The lowest BCUT2D eigenvalue weighted by molar-refractivity contribution is -0.384. The van der Waals surface area contributed by atoms with E-state index in [2.05, 4.69) is 10.6 Å². The molecule has 0 aliphatic carbocycles. The summed E-state index contributed by atoms with van der Waals surface area (Å²) in [5.41, 5.74) is 1.26. The minimum atomic E-state index is -0.646. The number of rotatable bonds is 6. The van der Waals surface area contributed by atoms with Gasteiger partial charge in [-0.2, -0.15) is 0 Å². The molecule has 2 N–H and O–H groups in total. The Kier molecular flexibility index (Phi) is 5.26. The molecular formula is C17H17N3O4. The van der Waals surface area contributed by atoms with Gasteiger partial charge in [-0.05, 0) is 32.0 Å². The Morgan fingerprint density at radius 1 is 1.12 bits per heavy atom. The Hall–Kier alpha value is -3.22. The molecule has 0 radical (unpaired) electrons. The lowest BCUT2D eigenvalue weighted by Gasteiger charge is -2.16. The number of nitrogens with one attached hydrogen (secondary N) is 2. The number of benzene rings is 2. The molecule has 0 heterocycles. The summed E-state index contributed by atoms with van der Waals surface area (Å²) in [5, 5.41) is 16.4. The van der Waals surface area contributed by atoms with Crippen LogP contribution in [0.1, 0.15) is 24.2 Å². The molecule has 124 valence electrons. The molecule has 7 heteroatoms. The highest BCUT2D eigenvalue weighted by Gasteiger charge is 2.16. The van der Waals surface area contributed by atoms with Crippen molar-refractivity contribution in [2.24, 2.45) is 0 Å². The number of nitrogens with zero attached hydrogens (tertiary/aromatic N) is 1. The van der Waals surface area contributed by atoms with Crippen molar-refractivity contribution in [1.82, 2.24) is 0 Å². The number of para-hydroxylation sites is 1. The van der Waals surface area contributed by atoms with Crippen LogP contribution in [0.4, 0.5) is 17.1 Å². The van der Waals surface area contributed by atoms with E-state index in [9.17, 15) is 19.7 Å². The van der Waals surface area contributed by atoms with E-state index in [4.69, 9.17) is 0 Å². The largest absolute Gasteiger partial charge is 0.374 e. The molecule has 1 atom stereocenters. The van der Waals surface area contributed by atoms with Gasteiger partial charge in [0.05, 0.1) is 10.6 Å². The number of amides is 1. The number of anilines is 2. The average Bonchev–Trinajstić information content (AvgIpc) is 2.55. The van der Waals surface area contributed by atoms with Gasteiger partial charge < -0.3 is 10.6 Å². The second kappa shape index (κ2) is 7.36. The summed E-state index contributed by atoms with van der Waals surface area (Å²) in [4.78, 5) is 34.2. The molecule has 0 unspecified atom stereocenters. The van der Waals surface area contributed by atoms with Gasteiger partial charge in [-0.3, -0.25) is 19.7 Å². The van der Waals surface area contributed by atoms with Crippen LogP contribution in [0, 0.1) is 10.1 Å². The van der Waals surface area contributed by atoms with E-state index >= 15 is 0 Å². The number of Topliss-reactive ketones (excluding diaryl/α,β-unsaturated/α-hetero) is 1. The fourth-order valence-corrected chi connectivity index (χ4v) is 2.16. The average molecular weight is 327 g/mol. The van der Waals surface area contributed by atoms with E-state index in [1.807, 2.05) is 0 Å². The van der Waals surface area contributed by atoms with E-state index in [0.717, 1.165) is 0 Å². The molecule has 0 aliphatic rings. The minimum absolute atomic E-state index is 0.0606. The van der Waals surface area contributed by atoms with Crippen LogP contribution in [0.3, 0.4) is 0 Å². The highest BCUT2D eigenvalue weighted by molar-refractivity contribution is 6.05. The van der Waals surface area contributed by atoms with Crippen LogP contribution >= 0.6 is 0 Å². The van der Waals surface area contributed by atoms with Gasteiger partial charge in [-0.25, -0.2) is 0 Å². The summed E-state index contributed by atoms with van der Waals surface area (Å²) in [6, 6.07) is 12.0. The van der Waals surface area contributed by atoms with Gasteiger partial charge in [0.25, 0.3) is 5.69 Å². The van der Waals surface area contributed by atoms with Crippen LogP contribution in [0.15, 0.2) is 48.5 Å². The molecule has 2 rings (SSSR count). The fourth-order valence-electron chi connectivity index (χ4n) is 2.16. The number of nitro benzene ring substituents is 1. The molecule has 0 aromatic heterocycles. The van der Waals surface area contributed by atoms with Crippen molar-refractivity contribution in [2.45, 2.75) is 19.9 Å². The number of hydrogen-bond acceptors (Lipinski definition) is 5. The molecule has 7 nitrogen and oxygen atoms in total. The predicted octanol–water partition coefficient (Wildman–Crippen LogP) is 3.24. The van der Waals surface area contributed by atoms with Gasteiger partial charge in [-0.15, -0.1) is 0 Å². The third-order valence-electron chi connectivity index (χ3n) is 3.40. The van der Waals surface area contributed by atoms with Crippen LogP contribution in [0.25, 0.3) is 0 Å². The number of carbonyl (C=O) groups excluding carboxylic acids is 2. The summed E-state index contributed by atoms with van der Waals surface area (Å²) in [7, 11) is 0. The molecule has 0 bridgehead atoms. The first-order valence-corrected chi connectivity index (χ1v) is 7.30. The van der Waals surface area contributed by atoms with E-state index in [1.165, 1.54) is 25.1 Å². The van der Waals surface area contributed by atoms with Crippen molar-refractivity contribution in [3.05, 3.63) is 64.2 Å². The normalized spacial score (nSPS) is 11.4. The Labute approximate surface area is 138 Å². The molecule has 1 amide bonds. The van der Waals surface area contributed by atoms with E-state index < -0.39 is 11.0 Å². The fraction of sp³-hybridized carbons (Fsp3) is 0.176. The van der Waals surface area contributed by atoms with Crippen LogP contribution in [-0.2, 0) is 4.79 Å². The van der Waals surface area contributed by atoms with Gasteiger partial charge in [0.1, 0.15) is 6.04 Å². The summed E-state index contributed by atoms with van der Waals surface area (Å²) in [5.74, 6) is -0.500. The van der Waals surface area contributed by atoms with Crippen molar-refractivity contribution >= 4 is 28.8 Å². The van der Waals surface area contributed by atoms with Crippen LogP contribution in [0.5, 0.6) is 0 Å². The van der Waals surface area contributed by atoms with E-state index in [-0.39, 0.29) is 17.4 Å². The highest BCUT2D eigenvalue weighted by atomic mass is 16.6. The van der Waals surface area contributed by atoms with Crippen LogP contribution in [0.2, 0.25) is 0 Å². The molecule has 0 saturated heterocycles. The summed E-state index contributed by atoms with van der Waals surface area (Å²) in [6.07, 6.45) is 0. The van der Waals surface area contributed by atoms with Gasteiger partial charge >= 0.3 is 0 Å². The first-order chi connectivity index (χ1) is 11.4. The first-order valence-electron chi connectivity index (χ1n) is 7.30. The van der Waals surface area contributed by atoms with Gasteiger partial charge in [0.15, 0.2) is 5.78 Å². The zero-order valence-electron chi connectivity index (χ0n) is 13.3. The summed E-state index contributed by atoms with van der Waals surface area (Å²) in [6.45, 7) is 3.06. The molecule has 0 saturated carbocycles. The lowest BCUT2D eigenvalue weighted by atomic mass is 10.1. The van der Waals surface area contributed by atoms with E-state index in [1.54, 1.807) is 37.3 Å². The van der Waals surface area contributed by atoms with E-state index in [0.29, 0.717) is 16.9 Å². The SMILES string of the molecule is CC(=O)c1ccccc1NC(=O)[C@@H](C)Nc1cccc([N+](=O)[O-])c1. The predicted molar refractivity (Wildman–Crippen MR) is 91.3 cm³/mol. The van der Waals surface area contributed by atoms with Crippen molar-refractivity contribution in [1.29, 1.82) is 0 Å². The van der Waals surface area contributed by atoms with Crippen molar-refractivity contribution in [3.8, 4) is 0 Å². The second-order valence-electron chi connectivity index (χ2n) is 5.26. The lowest BCUT2D eigenvalue weighted by Crippen LogP contribution is -2.32. The number of carbonyl (C=O) groups is 2. The number of hydrogen-bond donors (Lipinski definition) is 2. The third kappa shape index (κ3) is 4.16. The van der Waals surface area contributed by atoms with Crippen molar-refractivity contribution in [2.75, 3.05) is 10.6 Å².